The topological polar surface area (TPSA) is 52.6 Å². The van der Waals surface area contributed by atoms with E-state index >= 15 is 0 Å². The molecule has 4 nitrogen and oxygen atoms in total. The average molecular weight is 354 g/mol. The maximum Gasteiger partial charge on any atom is 0.439 e. The predicted octanol–water partition coefficient (Wildman–Crippen LogP) is 3.29. The van der Waals surface area contributed by atoms with Crippen LogP contribution < -0.4 is 5.43 Å². The number of nitrogens with zero attached hydrogens (tertiary/aromatic N) is 1. The Morgan fingerprint density at radius 3 is 2.68 bits per heavy atom. The lowest BCUT2D eigenvalue weighted by Gasteiger charge is -2.37. The summed E-state index contributed by atoms with van der Waals surface area (Å²) in [6.07, 6.45) is -0.888. The van der Waals surface area contributed by atoms with Crippen molar-refractivity contribution >= 4 is 5.91 Å². The van der Waals surface area contributed by atoms with Crippen molar-refractivity contribution in [2.75, 3.05) is 0 Å². The summed E-state index contributed by atoms with van der Waals surface area (Å²) in [6.45, 7) is 0. The molecule has 0 unspecified atom stereocenters. The second-order valence-corrected chi connectivity index (χ2v) is 6.55. The van der Waals surface area contributed by atoms with Gasteiger partial charge in [0.15, 0.2) is 0 Å². The number of fused-ring (bicyclic) bond motifs is 1. The first-order valence-electron chi connectivity index (χ1n) is 8.47. The Kier molecular flexibility index (Phi) is 4.77. The molecule has 1 aliphatic carbocycles. The van der Waals surface area contributed by atoms with Crippen LogP contribution in [-0.4, -0.2) is 27.9 Å². The van der Waals surface area contributed by atoms with E-state index < -0.39 is 23.7 Å². The Hall–Kier alpha value is -2.02. The van der Waals surface area contributed by atoms with Gasteiger partial charge in [0.2, 0.25) is 5.91 Å². The molecule has 7 heteroatoms. The van der Waals surface area contributed by atoms with Crippen LogP contribution >= 0.6 is 0 Å². The van der Waals surface area contributed by atoms with Crippen LogP contribution in [0.1, 0.15) is 37.7 Å². The number of aryl methyl sites for hydroxylation is 1. The van der Waals surface area contributed by atoms with Gasteiger partial charge in [-0.3, -0.25) is 10.2 Å². The number of aliphatic hydroxyl groups is 1. The molecule has 1 saturated heterocycles. The minimum Gasteiger partial charge on any atom is -0.362 e. The van der Waals surface area contributed by atoms with Gasteiger partial charge in [-0.15, -0.1) is 0 Å². The molecule has 1 heterocycles. The molecular weight excluding hydrogens is 333 g/mol. The molecule has 1 fully saturated rings. The van der Waals surface area contributed by atoms with Crippen LogP contribution in [0.25, 0.3) is 0 Å². The Morgan fingerprint density at radius 1 is 1.28 bits per heavy atom. The summed E-state index contributed by atoms with van der Waals surface area (Å²) in [5.41, 5.74) is 0.500. The fraction of sp³-hybridized carbons (Fsp3) is 0.500. The van der Waals surface area contributed by atoms with Crippen LogP contribution in [0, 0.1) is 5.92 Å². The Labute approximate surface area is 144 Å². The highest BCUT2D eigenvalue weighted by Gasteiger charge is 2.68. The summed E-state index contributed by atoms with van der Waals surface area (Å²) in [4.78, 5) is 12.5. The van der Waals surface area contributed by atoms with Gasteiger partial charge in [0.05, 0.1) is 5.92 Å². The zero-order valence-corrected chi connectivity index (χ0v) is 13.7. The lowest BCUT2D eigenvalue weighted by Crippen LogP contribution is -2.62. The van der Waals surface area contributed by atoms with Crippen LogP contribution in [0.5, 0.6) is 0 Å². The highest BCUT2D eigenvalue weighted by molar-refractivity contribution is 5.77. The zero-order chi connectivity index (χ0) is 18.1. The first-order valence-corrected chi connectivity index (χ1v) is 8.47. The molecule has 2 N–H and O–H groups in total. The molecule has 1 aromatic rings. The largest absolute Gasteiger partial charge is 0.439 e. The number of alkyl halides is 3. The third-order valence-electron chi connectivity index (χ3n) is 4.89. The third kappa shape index (κ3) is 3.25. The van der Waals surface area contributed by atoms with Crippen molar-refractivity contribution in [1.82, 2.24) is 10.4 Å². The number of hydrogen-bond acceptors (Lipinski definition) is 3. The van der Waals surface area contributed by atoms with E-state index in [0.29, 0.717) is 30.0 Å². The summed E-state index contributed by atoms with van der Waals surface area (Å²) in [7, 11) is 0. The lowest BCUT2D eigenvalue weighted by atomic mass is 9.89. The van der Waals surface area contributed by atoms with E-state index in [-0.39, 0.29) is 12.8 Å². The van der Waals surface area contributed by atoms with Gasteiger partial charge in [-0.25, -0.2) is 5.01 Å². The number of amides is 1. The Balaban J connectivity index is 1.83. The van der Waals surface area contributed by atoms with Gasteiger partial charge >= 0.3 is 6.18 Å². The van der Waals surface area contributed by atoms with Crippen LogP contribution in [0.2, 0.25) is 0 Å². The van der Waals surface area contributed by atoms with Crippen molar-refractivity contribution in [1.29, 1.82) is 0 Å². The van der Waals surface area contributed by atoms with Crippen molar-refractivity contribution in [3.63, 3.8) is 0 Å². The number of nitrogens with one attached hydrogen (secondary N) is 1. The predicted molar refractivity (Wildman–Crippen MR) is 85.8 cm³/mol. The number of halogens is 3. The summed E-state index contributed by atoms with van der Waals surface area (Å²) < 4.78 is 41.1. The van der Waals surface area contributed by atoms with E-state index in [1.807, 2.05) is 30.3 Å². The highest BCUT2D eigenvalue weighted by Crippen LogP contribution is 2.48. The number of hydrazine groups is 1. The van der Waals surface area contributed by atoms with Crippen molar-refractivity contribution in [2.45, 2.75) is 50.4 Å². The molecule has 1 amide bonds. The second-order valence-electron chi connectivity index (χ2n) is 6.55. The molecule has 25 heavy (non-hydrogen) atoms. The zero-order valence-electron chi connectivity index (χ0n) is 13.7. The number of carbonyl (C=O) groups excluding carboxylic acids is 1. The van der Waals surface area contributed by atoms with Crippen LogP contribution in [-0.2, 0) is 11.2 Å². The maximum atomic E-state index is 13.7. The van der Waals surface area contributed by atoms with Gasteiger partial charge in [0.1, 0.15) is 0 Å². The summed E-state index contributed by atoms with van der Waals surface area (Å²) in [5, 5.41) is 11.0. The van der Waals surface area contributed by atoms with Crippen molar-refractivity contribution in [3.05, 3.63) is 47.7 Å². The summed E-state index contributed by atoms with van der Waals surface area (Å²) in [6, 6.07) is 9.07. The van der Waals surface area contributed by atoms with Gasteiger partial charge in [0, 0.05) is 12.1 Å². The normalized spacial score (nSPS) is 26.5. The molecule has 136 valence electrons. The number of carbonyl (C=O) groups is 1. The van der Waals surface area contributed by atoms with E-state index in [4.69, 9.17) is 0 Å². The van der Waals surface area contributed by atoms with E-state index in [0.717, 1.165) is 12.0 Å². The van der Waals surface area contributed by atoms with Crippen molar-refractivity contribution in [3.8, 4) is 0 Å². The van der Waals surface area contributed by atoms with E-state index in [1.54, 1.807) is 6.08 Å². The lowest BCUT2D eigenvalue weighted by molar-refractivity contribution is -0.318. The van der Waals surface area contributed by atoms with E-state index in [2.05, 4.69) is 5.43 Å². The first-order chi connectivity index (χ1) is 11.8. The maximum absolute atomic E-state index is 13.7. The smallest absolute Gasteiger partial charge is 0.362 e. The number of benzene rings is 1. The first kappa shape index (κ1) is 17.8. The van der Waals surface area contributed by atoms with Gasteiger partial charge in [-0.1, -0.05) is 42.8 Å². The van der Waals surface area contributed by atoms with Gasteiger partial charge in [-0.2, -0.15) is 13.2 Å². The van der Waals surface area contributed by atoms with Crippen molar-refractivity contribution in [2.24, 2.45) is 5.92 Å². The van der Waals surface area contributed by atoms with E-state index in [9.17, 15) is 23.1 Å². The number of rotatable bonds is 3. The number of allylic oxidation sites excluding steroid dienone is 1. The van der Waals surface area contributed by atoms with Gasteiger partial charge < -0.3 is 5.11 Å². The quantitative estimate of drug-likeness (QED) is 0.876. The summed E-state index contributed by atoms with van der Waals surface area (Å²) in [5.74, 6) is -1.92. The minimum atomic E-state index is -4.94. The molecule has 0 saturated carbocycles. The van der Waals surface area contributed by atoms with Gasteiger partial charge in [0.25, 0.3) is 5.72 Å². The third-order valence-corrected chi connectivity index (χ3v) is 4.89. The van der Waals surface area contributed by atoms with Crippen LogP contribution in [0.15, 0.2) is 42.1 Å². The molecule has 0 spiro atoms. The molecular formula is C18H21F3N2O2. The number of hydrogen-bond donors (Lipinski definition) is 2. The fourth-order valence-electron chi connectivity index (χ4n) is 3.54. The minimum absolute atomic E-state index is 0.116. The monoisotopic (exact) mass is 354 g/mol. The molecule has 0 aromatic heterocycles. The Morgan fingerprint density at radius 2 is 2.00 bits per heavy atom. The second kappa shape index (κ2) is 6.71. The molecule has 0 bridgehead atoms. The molecule has 1 aromatic carbocycles. The standard InChI is InChI=1S/C18H21F3N2O2/c19-18(20,21)17(25)14-9-5-2-6-10-15(14)22-23(17)16(24)12-11-13-7-3-1-4-8-13/h1,3-4,7-8,10,14,22,25H,2,5-6,9,11-12H2/t14-,17-/m0/s1. The highest BCUT2D eigenvalue weighted by atomic mass is 19.4. The molecule has 2 atom stereocenters. The summed E-state index contributed by atoms with van der Waals surface area (Å²) >= 11 is 0. The van der Waals surface area contributed by atoms with E-state index in [1.165, 1.54) is 0 Å². The van der Waals surface area contributed by atoms with Crippen LogP contribution in [0.3, 0.4) is 0 Å². The molecule has 1 aliphatic heterocycles. The Bertz CT molecular complexity index is 660. The molecule has 0 radical (unpaired) electrons. The fourth-order valence-corrected chi connectivity index (χ4v) is 3.54. The van der Waals surface area contributed by atoms with Crippen molar-refractivity contribution < 1.29 is 23.1 Å². The van der Waals surface area contributed by atoms with Crippen LogP contribution in [0.4, 0.5) is 13.2 Å². The molecule has 2 aliphatic rings. The SMILES string of the molecule is O=C(CCc1ccccc1)N1NC2=CCCCC[C@@H]2[C@]1(O)C(F)(F)F. The average Bonchev–Trinajstić information content (AvgIpc) is 2.74. The molecule has 3 rings (SSSR count). The van der Waals surface area contributed by atoms with Gasteiger partial charge in [-0.05, 0) is 31.2 Å².